The normalized spacial score (nSPS) is 12.1. The van der Waals surface area contributed by atoms with Gasteiger partial charge in [-0.05, 0) is 112 Å². The van der Waals surface area contributed by atoms with Crippen LogP contribution in [0.25, 0.3) is 11.1 Å². The summed E-state index contributed by atoms with van der Waals surface area (Å²) in [7, 11) is -2.20. The van der Waals surface area contributed by atoms with Crippen LogP contribution in [0.2, 0.25) is 0 Å². The molecule has 0 saturated heterocycles. The van der Waals surface area contributed by atoms with Crippen molar-refractivity contribution in [3.63, 3.8) is 0 Å². The lowest BCUT2D eigenvalue weighted by Gasteiger charge is -2.37. The topological polar surface area (TPSA) is 63.2 Å². The molecule has 0 aliphatic rings. The molecular weight excluding hydrogens is 679 g/mol. The fourth-order valence-corrected chi connectivity index (χ4v) is 7.74. The Morgan fingerprint density at radius 3 is 1.40 bits per heavy atom. The summed E-state index contributed by atoms with van der Waals surface area (Å²) in [6.45, 7) is 13.4. The molecule has 0 fully saturated rings. The largest absolute Gasteiger partial charge is 0.514 e. The zero-order valence-corrected chi connectivity index (χ0v) is 32.1. The van der Waals surface area contributed by atoms with Crippen molar-refractivity contribution in [1.82, 2.24) is 0 Å². The van der Waals surface area contributed by atoms with Gasteiger partial charge in [-0.2, -0.15) is 0 Å². The number of ether oxygens (including phenoxy) is 2. The van der Waals surface area contributed by atoms with E-state index in [0.29, 0.717) is 22.8 Å². The summed E-state index contributed by atoms with van der Waals surface area (Å²) in [5, 5.41) is 0. The third-order valence-corrected chi connectivity index (χ3v) is 9.66. The van der Waals surface area contributed by atoms with Gasteiger partial charge in [0, 0.05) is 11.1 Å². The van der Waals surface area contributed by atoms with E-state index in [9.17, 15) is 4.79 Å². The van der Waals surface area contributed by atoms with Gasteiger partial charge in [0.25, 0.3) is 0 Å². The monoisotopic (exact) mass is 724 g/mol. The molecule has 6 aromatic carbocycles. The van der Waals surface area contributed by atoms with E-state index >= 15 is 0 Å². The van der Waals surface area contributed by atoms with Crippen molar-refractivity contribution in [2.75, 3.05) is 0 Å². The van der Waals surface area contributed by atoms with Crippen molar-refractivity contribution < 1.29 is 27.8 Å². The predicted molar refractivity (Wildman–Crippen MR) is 213 cm³/mol. The Bertz CT molecular complexity index is 2050. The first-order chi connectivity index (χ1) is 25.4. The van der Waals surface area contributed by atoms with Gasteiger partial charge in [-0.3, -0.25) is 4.52 Å². The molecule has 0 heterocycles. The average Bonchev–Trinajstić information content (AvgIpc) is 3.13. The SMILES string of the molecule is Cc1cc(C)c(OC(=O)OC(C)(C)C)c(-c2cc(C)cc(C)c2OP(Oc2ccccc2)OC(c2ccccc2)(c2ccccc2)c2ccccc2)c1. The molecule has 0 aliphatic heterocycles. The molecule has 7 heteroatoms. The summed E-state index contributed by atoms with van der Waals surface area (Å²) in [5.41, 5.74) is 5.93. The molecule has 0 aromatic heterocycles. The number of aryl methyl sites for hydroxylation is 4. The second-order valence-corrected chi connectivity index (χ2v) is 15.1. The molecule has 0 spiro atoms. The van der Waals surface area contributed by atoms with Gasteiger partial charge in [0.1, 0.15) is 22.8 Å². The molecule has 0 aliphatic carbocycles. The van der Waals surface area contributed by atoms with E-state index in [0.717, 1.165) is 44.5 Å². The highest BCUT2D eigenvalue weighted by Crippen LogP contribution is 2.55. The van der Waals surface area contributed by atoms with Crippen molar-refractivity contribution in [3.8, 4) is 28.4 Å². The van der Waals surface area contributed by atoms with E-state index in [1.165, 1.54) is 0 Å². The van der Waals surface area contributed by atoms with Crippen LogP contribution in [-0.4, -0.2) is 11.8 Å². The van der Waals surface area contributed by atoms with Crippen LogP contribution in [0.3, 0.4) is 0 Å². The van der Waals surface area contributed by atoms with E-state index in [4.69, 9.17) is 23.0 Å². The maximum atomic E-state index is 13.1. The molecule has 0 radical (unpaired) electrons. The van der Waals surface area contributed by atoms with E-state index in [2.05, 4.69) is 42.5 Å². The molecule has 0 N–H and O–H groups in total. The third-order valence-electron chi connectivity index (χ3n) is 8.54. The second kappa shape index (κ2) is 16.1. The first kappa shape index (κ1) is 37.3. The number of carbonyl (C=O) groups excluding carboxylic acids is 1. The van der Waals surface area contributed by atoms with Gasteiger partial charge >= 0.3 is 14.8 Å². The molecule has 0 saturated carbocycles. The summed E-state index contributed by atoms with van der Waals surface area (Å²) in [4.78, 5) is 13.1. The minimum absolute atomic E-state index is 0.390. The number of para-hydroxylation sites is 1. The van der Waals surface area contributed by atoms with Gasteiger partial charge < -0.3 is 18.5 Å². The summed E-state index contributed by atoms with van der Waals surface area (Å²) in [6.07, 6.45) is -0.783. The van der Waals surface area contributed by atoms with Crippen LogP contribution in [0.1, 0.15) is 59.7 Å². The van der Waals surface area contributed by atoms with Crippen molar-refractivity contribution in [2.45, 2.75) is 59.7 Å². The molecule has 1 atom stereocenters. The summed E-state index contributed by atoms with van der Waals surface area (Å²) < 4.78 is 32.8. The molecule has 53 heavy (non-hydrogen) atoms. The van der Waals surface area contributed by atoms with Crippen molar-refractivity contribution in [1.29, 1.82) is 0 Å². The highest BCUT2D eigenvalue weighted by atomic mass is 31.2. The smallest absolute Gasteiger partial charge is 0.428 e. The molecular formula is C46H45O6P. The van der Waals surface area contributed by atoms with Crippen LogP contribution < -0.4 is 13.8 Å². The average molecular weight is 725 g/mol. The third kappa shape index (κ3) is 8.80. The van der Waals surface area contributed by atoms with Gasteiger partial charge in [0.2, 0.25) is 0 Å². The molecule has 0 bridgehead atoms. The lowest BCUT2D eigenvalue weighted by atomic mass is 9.80. The fraction of sp³-hybridized carbons (Fsp3) is 0.196. The number of hydrogen-bond acceptors (Lipinski definition) is 6. The van der Waals surface area contributed by atoms with Gasteiger partial charge in [-0.25, -0.2) is 4.79 Å². The molecule has 1 unspecified atom stereocenters. The molecule has 6 rings (SSSR count). The Labute approximate surface area is 314 Å². The summed E-state index contributed by atoms with van der Waals surface area (Å²) >= 11 is 0. The van der Waals surface area contributed by atoms with Crippen LogP contribution in [0.5, 0.6) is 17.2 Å². The fourth-order valence-electron chi connectivity index (χ4n) is 6.41. The van der Waals surface area contributed by atoms with Crippen LogP contribution in [-0.2, 0) is 14.9 Å². The molecule has 270 valence electrons. The summed E-state index contributed by atoms with van der Waals surface area (Å²) in [6, 6.07) is 48.0. The highest BCUT2D eigenvalue weighted by Gasteiger charge is 2.43. The van der Waals surface area contributed by atoms with Crippen molar-refractivity contribution in [2.24, 2.45) is 0 Å². The number of hydrogen-bond donors (Lipinski definition) is 0. The van der Waals surface area contributed by atoms with Gasteiger partial charge in [-0.1, -0.05) is 121 Å². The maximum absolute atomic E-state index is 13.1. The van der Waals surface area contributed by atoms with E-state index in [-0.39, 0.29) is 0 Å². The van der Waals surface area contributed by atoms with Crippen molar-refractivity contribution >= 4 is 14.8 Å². The van der Waals surface area contributed by atoms with E-state index in [1.54, 1.807) is 0 Å². The van der Waals surface area contributed by atoms with Gasteiger partial charge in [0.05, 0.1) is 0 Å². The van der Waals surface area contributed by atoms with E-state index in [1.807, 2.05) is 152 Å². The minimum atomic E-state index is -2.20. The number of benzene rings is 6. The Balaban J connectivity index is 1.54. The van der Waals surface area contributed by atoms with Crippen LogP contribution >= 0.6 is 8.60 Å². The second-order valence-electron chi connectivity index (χ2n) is 14.1. The van der Waals surface area contributed by atoms with Crippen LogP contribution in [0, 0.1) is 27.7 Å². The zero-order chi connectivity index (χ0) is 37.6. The van der Waals surface area contributed by atoms with Crippen LogP contribution in [0.4, 0.5) is 4.79 Å². The van der Waals surface area contributed by atoms with E-state index < -0.39 is 26.0 Å². The first-order valence-electron chi connectivity index (χ1n) is 17.6. The highest BCUT2D eigenvalue weighted by molar-refractivity contribution is 7.42. The zero-order valence-electron chi connectivity index (χ0n) is 31.3. The first-order valence-corrected chi connectivity index (χ1v) is 18.7. The van der Waals surface area contributed by atoms with Crippen molar-refractivity contribution in [3.05, 3.63) is 185 Å². The quantitative estimate of drug-likeness (QED) is 0.0574. The lowest BCUT2D eigenvalue weighted by Crippen LogP contribution is -2.32. The Morgan fingerprint density at radius 2 is 0.943 bits per heavy atom. The standard InChI is InChI=1S/C46H45O6P/c1-32-28-34(3)42(48-44(47)49-45(5,6)7)40(30-32)41-31-33(2)29-35(4)43(41)51-53(50-39-26-18-11-19-27-39)52-46(36-20-12-8-13-21-36,37-22-14-9-15-23-37)38-24-16-10-17-25-38/h8-31H,1-7H3. The minimum Gasteiger partial charge on any atom is -0.428 e. The number of rotatable bonds is 11. The Morgan fingerprint density at radius 1 is 0.528 bits per heavy atom. The maximum Gasteiger partial charge on any atom is 0.514 e. The van der Waals surface area contributed by atoms with Gasteiger partial charge in [0.15, 0.2) is 5.60 Å². The lowest BCUT2D eigenvalue weighted by molar-refractivity contribution is 0.0205. The van der Waals surface area contributed by atoms with Crippen LogP contribution in [0.15, 0.2) is 146 Å². The molecule has 0 amide bonds. The number of carbonyl (C=O) groups is 1. The predicted octanol–water partition coefficient (Wildman–Crippen LogP) is 12.6. The molecule has 6 nitrogen and oxygen atoms in total. The Hall–Kier alpha value is -5.42. The van der Waals surface area contributed by atoms with Gasteiger partial charge in [-0.15, -0.1) is 0 Å². The Kier molecular flexibility index (Phi) is 11.3. The molecule has 6 aromatic rings. The summed E-state index contributed by atoms with van der Waals surface area (Å²) in [5.74, 6) is 1.52.